The number of aryl methyl sites for hydroxylation is 1. The third-order valence-electron chi connectivity index (χ3n) is 9.38. The van der Waals surface area contributed by atoms with E-state index in [9.17, 15) is 14.7 Å². The van der Waals surface area contributed by atoms with Gasteiger partial charge in [-0.05, 0) is 62.7 Å². The van der Waals surface area contributed by atoms with Crippen LogP contribution in [0.15, 0.2) is 79.5 Å². The van der Waals surface area contributed by atoms with Gasteiger partial charge >= 0.3 is 0 Å². The fourth-order valence-corrected chi connectivity index (χ4v) is 6.90. The number of fused-ring (bicyclic) bond motifs is 1. The van der Waals surface area contributed by atoms with Crippen LogP contribution in [-0.2, 0) is 28.2 Å². The number of hydrogen-bond donors (Lipinski definition) is 3. The molecule has 3 aromatic rings. The van der Waals surface area contributed by atoms with Crippen LogP contribution in [0.4, 0.5) is 17.1 Å². The predicted molar refractivity (Wildman–Crippen MR) is 173 cm³/mol. The van der Waals surface area contributed by atoms with Crippen LogP contribution < -0.4 is 20.0 Å². The lowest BCUT2D eigenvalue weighted by molar-refractivity contribution is -0.139. The summed E-state index contributed by atoms with van der Waals surface area (Å²) in [6.45, 7) is 8.39. The maximum absolute atomic E-state index is 14.3. The van der Waals surface area contributed by atoms with Gasteiger partial charge in [0.15, 0.2) is 5.60 Å². The van der Waals surface area contributed by atoms with E-state index >= 15 is 0 Å². The number of rotatable bonds is 11. The number of anilines is 3. The number of hydrogen-bond acceptors (Lipinski definition) is 8. The highest BCUT2D eigenvalue weighted by Crippen LogP contribution is 2.48. The maximum atomic E-state index is 14.3. The number of aliphatic hydroxyl groups excluding tert-OH is 1. The van der Waals surface area contributed by atoms with E-state index in [1.165, 1.54) is 0 Å². The van der Waals surface area contributed by atoms with Gasteiger partial charge in [0.05, 0.1) is 18.1 Å². The van der Waals surface area contributed by atoms with Crippen LogP contribution in [0.2, 0.25) is 0 Å². The van der Waals surface area contributed by atoms with Gasteiger partial charge in [0.2, 0.25) is 0 Å². The lowest BCUT2D eigenvalue weighted by Crippen LogP contribution is -2.55. The van der Waals surface area contributed by atoms with Crippen molar-refractivity contribution >= 4 is 28.9 Å². The van der Waals surface area contributed by atoms with Crippen molar-refractivity contribution in [2.75, 3.05) is 47.6 Å². The molecular weight excluding hydrogens is 570 g/mol. The van der Waals surface area contributed by atoms with Crippen molar-refractivity contribution in [3.63, 3.8) is 0 Å². The topological polar surface area (TPSA) is 127 Å². The predicted octanol–water partition coefficient (Wildman–Crippen LogP) is 2.75. The molecule has 11 nitrogen and oxygen atoms in total. The minimum absolute atomic E-state index is 0.0182. The van der Waals surface area contributed by atoms with E-state index in [0.29, 0.717) is 55.8 Å². The first-order valence-electron chi connectivity index (χ1n) is 15.6. The van der Waals surface area contributed by atoms with Crippen LogP contribution in [-0.4, -0.2) is 75.5 Å². The van der Waals surface area contributed by atoms with Gasteiger partial charge in [-0.15, -0.1) is 11.7 Å². The second kappa shape index (κ2) is 12.6. The summed E-state index contributed by atoms with van der Waals surface area (Å²) in [7, 11) is 0. The van der Waals surface area contributed by atoms with E-state index in [2.05, 4.69) is 27.1 Å². The number of benzene rings is 2. The van der Waals surface area contributed by atoms with Crippen molar-refractivity contribution in [2.24, 2.45) is 5.92 Å². The van der Waals surface area contributed by atoms with Crippen LogP contribution in [0.3, 0.4) is 0 Å². The molecule has 4 heterocycles. The zero-order valence-electron chi connectivity index (χ0n) is 25.7. The zero-order valence-corrected chi connectivity index (χ0v) is 25.7. The van der Waals surface area contributed by atoms with Crippen molar-refractivity contribution in [1.82, 2.24) is 20.3 Å². The summed E-state index contributed by atoms with van der Waals surface area (Å²) < 4.78 is 1.71. The summed E-state index contributed by atoms with van der Waals surface area (Å²) in [5, 5.41) is 32.9. The van der Waals surface area contributed by atoms with E-state index in [0.717, 1.165) is 24.5 Å². The van der Waals surface area contributed by atoms with Crippen LogP contribution >= 0.6 is 0 Å². The van der Waals surface area contributed by atoms with Gasteiger partial charge in [0.1, 0.15) is 5.54 Å². The van der Waals surface area contributed by atoms with Gasteiger partial charge in [0, 0.05) is 55.2 Å². The standard InChI is InChI=1S/C34H41N7O4/c1-3-19-39-30-13-12-28(40-24-41(27-10-5-4-6-11-27)33(31(40)43)15-17-35-18-16-33)22-29(30)34(45,32(39)44)25(2)9-7-8-20-38-23-26(14-21-42)36-37-38/h3-7,9-13,22-23,25,35,42,45H,1,8,14-21,24H2,2H3/b9-7+/t25-,34+/m0/s1. The van der Waals surface area contributed by atoms with Gasteiger partial charge in [-0.2, -0.15) is 0 Å². The molecule has 236 valence electrons. The lowest BCUT2D eigenvalue weighted by atomic mass is 9.82. The summed E-state index contributed by atoms with van der Waals surface area (Å²) >= 11 is 0. The third kappa shape index (κ3) is 5.34. The van der Waals surface area contributed by atoms with Gasteiger partial charge in [0.25, 0.3) is 11.8 Å². The number of aromatic nitrogens is 3. The summed E-state index contributed by atoms with van der Waals surface area (Å²) in [6, 6.07) is 15.6. The molecule has 0 aliphatic carbocycles. The molecule has 2 aromatic carbocycles. The molecule has 2 saturated heterocycles. The SMILES string of the molecule is C=CCN1C(=O)[C@@](O)([C@@H](C)/C=C/CCn2cc(CCO)nn2)c2cc(N3CN(c4ccccc4)C4(CCNCC4)C3=O)ccc21. The third-order valence-corrected chi connectivity index (χ3v) is 9.38. The van der Waals surface area contributed by atoms with E-state index in [1.54, 1.807) is 26.8 Å². The Bertz CT molecular complexity index is 1580. The Morgan fingerprint density at radius 1 is 1.09 bits per heavy atom. The first-order valence-corrected chi connectivity index (χ1v) is 15.6. The second-order valence-electron chi connectivity index (χ2n) is 12.0. The number of carbonyl (C=O) groups excluding carboxylic acids is 2. The average Bonchev–Trinajstić information content (AvgIpc) is 3.69. The Morgan fingerprint density at radius 2 is 1.87 bits per heavy atom. The molecule has 0 unspecified atom stereocenters. The second-order valence-corrected chi connectivity index (χ2v) is 12.0. The largest absolute Gasteiger partial charge is 0.396 e. The number of amides is 2. The minimum Gasteiger partial charge on any atom is -0.396 e. The number of nitrogens with zero attached hydrogens (tertiary/aromatic N) is 6. The van der Waals surface area contributed by atoms with Crippen LogP contribution in [0.25, 0.3) is 0 Å². The number of para-hydroxylation sites is 1. The quantitative estimate of drug-likeness (QED) is 0.283. The number of nitrogens with one attached hydrogen (secondary N) is 1. The highest BCUT2D eigenvalue weighted by molar-refractivity contribution is 6.10. The Morgan fingerprint density at radius 3 is 2.60 bits per heavy atom. The molecule has 2 fully saturated rings. The van der Waals surface area contributed by atoms with Crippen molar-refractivity contribution in [2.45, 2.75) is 50.3 Å². The summed E-state index contributed by atoms with van der Waals surface area (Å²) in [6.07, 6.45) is 9.70. The van der Waals surface area contributed by atoms with Crippen LogP contribution in [0.1, 0.15) is 37.4 Å². The Kier molecular flexibility index (Phi) is 8.59. The first-order chi connectivity index (χ1) is 21.8. The molecule has 2 atom stereocenters. The molecule has 11 heteroatoms. The number of aliphatic hydroxyl groups is 2. The molecule has 0 radical (unpaired) electrons. The lowest BCUT2D eigenvalue weighted by Gasteiger charge is -2.39. The van der Waals surface area contributed by atoms with E-state index in [-0.39, 0.29) is 19.1 Å². The van der Waals surface area contributed by atoms with E-state index in [4.69, 9.17) is 5.11 Å². The number of carbonyl (C=O) groups is 2. The molecule has 45 heavy (non-hydrogen) atoms. The molecule has 3 aliphatic rings. The van der Waals surface area contributed by atoms with Crippen molar-refractivity contribution < 1.29 is 19.8 Å². The molecule has 1 aromatic heterocycles. The van der Waals surface area contributed by atoms with E-state index in [1.807, 2.05) is 67.6 Å². The molecule has 0 bridgehead atoms. The highest BCUT2D eigenvalue weighted by Gasteiger charge is 2.55. The van der Waals surface area contributed by atoms with Crippen molar-refractivity contribution in [3.8, 4) is 0 Å². The molecule has 6 rings (SSSR count). The van der Waals surface area contributed by atoms with Gasteiger partial charge in [-0.3, -0.25) is 19.2 Å². The van der Waals surface area contributed by atoms with Crippen molar-refractivity contribution in [3.05, 3.63) is 90.8 Å². The fraction of sp³-hybridized carbons (Fsp3) is 0.412. The highest BCUT2D eigenvalue weighted by atomic mass is 16.3. The van der Waals surface area contributed by atoms with Crippen LogP contribution in [0.5, 0.6) is 0 Å². The molecule has 3 N–H and O–H groups in total. The molecular formula is C34H41N7O4. The maximum Gasteiger partial charge on any atom is 0.264 e. The fourth-order valence-electron chi connectivity index (χ4n) is 6.90. The monoisotopic (exact) mass is 611 g/mol. The van der Waals surface area contributed by atoms with Gasteiger partial charge < -0.3 is 25.3 Å². The van der Waals surface area contributed by atoms with Gasteiger partial charge in [-0.1, -0.05) is 48.6 Å². The first kappa shape index (κ1) is 30.7. The molecule has 3 aliphatic heterocycles. The number of piperidine rings is 1. The normalized spacial score (nSPS) is 21.7. The Labute approximate surface area is 263 Å². The van der Waals surface area contributed by atoms with Crippen LogP contribution in [0, 0.1) is 5.92 Å². The summed E-state index contributed by atoms with van der Waals surface area (Å²) in [5.74, 6) is -0.933. The molecule has 0 saturated carbocycles. The van der Waals surface area contributed by atoms with Gasteiger partial charge in [-0.25, -0.2) is 0 Å². The Hall–Kier alpha value is -4.32. The Balaban J connectivity index is 1.29. The summed E-state index contributed by atoms with van der Waals surface area (Å²) in [4.78, 5) is 33.7. The average molecular weight is 612 g/mol. The zero-order chi connectivity index (χ0) is 31.6. The smallest absolute Gasteiger partial charge is 0.264 e. The summed E-state index contributed by atoms with van der Waals surface area (Å²) in [5.41, 5.74) is 1.00. The molecule has 2 amide bonds. The minimum atomic E-state index is -1.82. The van der Waals surface area contributed by atoms with E-state index < -0.39 is 23.0 Å². The molecule has 1 spiro atoms. The van der Waals surface area contributed by atoms with Crippen molar-refractivity contribution in [1.29, 1.82) is 0 Å². The number of allylic oxidation sites excluding steroid dienone is 1.